The molecule has 1 amide bonds. The van der Waals surface area contributed by atoms with Gasteiger partial charge in [-0.05, 0) is 43.4 Å². The first kappa shape index (κ1) is 21.3. The normalized spacial score (nSPS) is 19.6. The highest BCUT2D eigenvalue weighted by Crippen LogP contribution is 2.31. The number of piperidine rings is 1. The van der Waals surface area contributed by atoms with E-state index in [0.717, 1.165) is 11.1 Å². The molecule has 0 atom stereocenters. The fourth-order valence-electron chi connectivity index (χ4n) is 3.92. The van der Waals surface area contributed by atoms with E-state index in [1.807, 2.05) is 47.0 Å². The summed E-state index contributed by atoms with van der Waals surface area (Å²) < 4.78 is 0. The Bertz CT molecular complexity index is 722. The average Bonchev–Trinajstić information content (AvgIpc) is 2.72. The van der Waals surface area contributed by atoms with Gasteiger partial charge >= 0.3 is 5.97 Å². The maximum Gasteiger partial charge on any atom is 0.306 e. The van der Waals surface area contributed by atoms with Crippen molar-refractivity contribution in [2.45, 2.75) is 50.2 Å². The molecule has 6 heteroatoms. The second-order valence-electron chi connectivity index (χ2n) is 7.67. The van der Waals surface area contributed by atoms with Gasteiger partial charge in [0.25, 0.3) is 5.91 Å². The number of halogens is 1. The number of carboxylic acids is 1. The molecule has 152 valence electrons. The van der Waals surface area contributed by atoms with Gasteiger partial charge < -0.3 is 10.0 Å². The molecule has 1 saturated carbocycles. The van der Waals surface area contributed by atoms with Crippen LogP contribution in [0.5, 0.6) is 0 Å². The maximum absolute atomic E-state index is 13.2. The van der Waals surface area contributed by atoms with Gasteiger partial charge in [0.05, 0.1) is 5.92 Å². The number of amides is 1. The molecule has 1 aliphatic heterocycles. The fraction of sp³-hybridized carbons (Fsp3) is 0.545. The molecule has 3 rings (SSSR count). The molecule has 1 aromatic rings. The lowest BCUT2D eigenvalue weighted by Crippen LogP contribution is -2.41. The van der Waals surface area contributed by atoms with Gasteiger partial charge in [-0.25, -0.2) is 0 Å². The molecule has 1 aliphatic carbocycles. The van der Waals surface area contributed by atoms with Crippen LogP contribution in [-0.4, -0.2) is 46.0 Å². The highest BCUT2D eigenvalue weighted by atomic mass is 35.5. The SMILES string of the molecule is O=C(O)C1CCN(C(=O)/C(=C/c2ccccc2Cl)CSC2CCCCC2)CC1. The van der Waals surface area contributed by atoms with Crippen LogP contribution in [0.2, 0.25) is 5.02 Å². The third kappa shape index (κ3) is 5.77. The summed E-state index contributed by atoms with van der Waals surface area (Å²) in [6.07, 6.45) is 9.28. The van der Waals surface area contributed by atoms with Crippen molar-refractivity contribution in [3.63, 3.8) is 0 Å². The van der Waals surface area contributed by atoms with Crippen LogP contribution >= 0.6 is 23.4 Å². The molecule has 0 radical (unpaired) electrons. The van der Waals surface area contributed by atoms with E-state index in [2.05, 4.69) is 0 Å². The molecule has 2 fully saturated rings. The second kappa shape index (κ2) is 10.4. The molecular weight excluding hydrogens is 394 g/mol. The van der Waals surface area contributed by atoms with Gasteiger partial charge in [-0.1, -0.05) is 49.1 Å². The minimum Gasteiger partial charge on any atom is -0.481 e. The number of hydrogen-bond donors (Lipinski definition) is 1. The summed E-state index contributed by atoms with van der Waals surface area (Å²) in [4.78, 5) is 26.2. The maximum atomic E-state index is 13.2. The van der Waals surface area contributed by atoms with Gasteiger partial charge in [0.1, 0.15) is 0 Å². The summed E-state index contributed by atoms with van der Waals surface area (Å²) in [6, 6.07) is 7.57. The fourth-order valence-corrected chi connectivity index (χ4v) is 5.40. The molecule has 4 nitrogen and oxygen atoms in total. The summed E-state index contributed by atoms with van der Waals surface area (Å²) in [5.74, 6) is -0.399. The summed E-state index contributed by atoms with van der Waals surface area (Å²) in [5.41, 5.74) is 1.62. The minimum atomic E-state index is -0.758. The zero-order valence-electron chi connectivity index (χ0n) is 16.1. The van der Waals surface area contributed by atoms with Gasteiger partial charge in [0.15, 0.2) is 0 Å². The predicted molar refractivity (Wildman–Crippen MR) is 116 cm³/mol. The number of likely N-dealkylation sites (tertiary alicyclic amines) is 1. The Labute approximate surface area is 176 Å². The molecule has 28 heavy (non-hydrogen) atoms. The molecule has 2 aliphatic rings. The lowest BCUT2D eigenvalue weighted by atomic mass is 9.96. The summed E-state index contributed by atoms with van der Waals surface area (Å²) >= 11 is 8.20. The van der Waals surface area contributed by atoms with Crippen molar-refractivity contribution in [3.8, 4) is 0 Å². The number of hydrogen-bond acceptors (Lipinski definition) is 3. The lowest BCUT2D eigenvalue weighted by Gasteiger charge is -2.31. The van der Waals surface area contributed by atoms with Crippen molar-refractivity contribution in [2.75, 3.05) is 18.8 Å². The van der Waals surface area contributed by atoms with Crippen LogP contribution in [0, 0.1) is 5.92 Å². The van der Waals surface area contributed by atoms with Crippen LogP contribution in [-0.2, 0) is 9.59 Å². The van der Waals surface area contributed by atoms with E-state index in [9.17, 15) is 14.7 Å². The average molecular weight is 422 g/mol. The zero-order chi connectivity index (χ0) is 19.9. The molecule has 0 aromatic heterocycles. The minimum absolute atomic E-state index is 0.0204. The number of carbonyl (C=O) groups is 2. The molecule has 1 heterocycles. The number of aliphatic carboxylic acids is 1. The molecular formula is C22H28ClNO3S. The lowest BCUT2D eigenvalue weighted by molar-refractivity contribution is -0.145. The number of benzene rings is 1. The van der Waals surface area contributed by atoms with Crippen LogP contribution in [0.3, 0.4) is 0 Å². The number of carbonyl (C=O) groups excluding carboxylic acids is 1. The first-order chi connectivity index (χ1) is 13.5. The monoisotopic (exact) mass is 421 g/mol. The van der Waals surface area contributed by atoms with Crippen LogP contribution < -0.4 is 0 Å². The van der Waals surface area contributed by atoms with E-state index in [0.29, 0.717) is 42.0 Å². The highest BCUT2D eigenvalue weighted by molar-refractivity contribution is 8.00. The Hall–Kier alpha value is -1.46. The van der Waals surface area contributed by atoms with E-state index in [4.69, 9.17) is 11.6 Å². The Morgan fingerprint density at radius 1 is 1.11 bits per heavy atom. The first-order valence-electron chi connectivity index (χ1n) is 10.1. The Balaban J connectivity index is 1.72. The van der Waals surface area contributed by atoms with Crippen LogP contribution in [0.25, 0.3) is 6.08 Å². The Morgan fingerprint density at radius 2 is 1.79 bits per heavy atom. The molecule has 1 N–H and O–H groups in total. The molecule has 0 bridgehead atoms. The van der Waals surface area contributed by atoms with Gasteiger partial charge in [-0.15, -0.1) is 0 Å². The van der Waals surface area contributed by atoms with Gasteiger partial charge in [0.2, 0.25) is 0 Å². The number of nitrogens with zero attached hydrogens (tertiary/aromatic N) is 1. The Morgan fingerprint density at radius 3 is 2.43 bits per heavy atom. The molecule has 0 unspecified atom stereocenters. The zero-order valence-corrected chi connectivity index (χ0v) is 17.7. The summed E-state index contributed by atoms with van der Waals surface area (Å²) in [5, 5.41) is 10.5. The van der Waals surface area contributed by atoms with Crippen molar-refractivity contribution in [3.05, 3.63) is 40.4 Å². The Kier molecular flexibility index (Phi) is 7.86. The van der Waals surface area contributed by atoms with Crippen LogP contribution in [0.1, 0.15) is 50.5 Å². The molecule has 1 aromatic carbocycles. The summed E-state index contributed by atoms with van der Waals surface area (Å²) in [7, 11) is 0. The van der Waals surface area contributed by atoms with Crippen molar-refractivity contribution >= 4 is 41.3 Å². The standard InChI is InChI=1S/C22H28ClNO3S/c23-20-9-5-4-6-17(20)14-18(15-28-19-7-2-1-3-8-19)21(25)24-12-10-16(11-13-24)22(26)27/h4-6,9,14,16,19H,1-3,7-8,10-13,15H2,(H,26,27)/b18-14+. The quantitative estimate of drug-likeness (QED) is 0.648. The smallest absolute Gasteiger partial charge is 0.306 e. The van der Waals surface area contributed by atoms with Gasteiger partial charge in [-0.2, -0.15) is 11.8 Å². The highest BCUT2D eigenvalue weighted by Gasteiger charge is 2.28. The van der Waals surface area contributed by atoms with Gasteiger partial charge in [0, 0.05) is 34.7 Å². The van der Waals surface area contributed by atoms with Crippen molar-refractivity contribution in [2.24, 2.45) is 5.92 Å². The third-order valence-electron chi connectivity index (χ3n) is 5.67. The molecule has 1 saturated heterocycles. The van der Waals surface area contributed by atoms with E-state index in [1.54, 1.807) is 0 Å². The second-order valence-corrected chi connectivity index (χ2v) is 9.36. The van der Waals surface area contributed by atoms with E-state index >= 15 is 0 Å². The first-order valence-corrected chi connectivity index (χ1v) is 11.6. The van der Waals surface area contributed by atoms with E-state index < -0.39 is 5.97 Å². The van der Waals surface area contributed by atoms with Crippen molar-refractivity contribution in [1.29, 1.82) is 0 Å². The van der Waals surface area contributed by atoms with Crippen molar-refractivity contribution in [1.82, 2.24) is 4.90 Å². The van der Waals surface area contributed by atoms with Crippen LogP contribution in [0.4, 0.5) is 0 Å². The van der Waals surface area contributed by atoms with E-state index in [-0.39, 0.29) is 11.8 Å². The predicted octanol–water partition coefficient (Wildman–Crippen LogP) is 5.11. The molecule has 0 spiro atoms. The third-order valence-corrected chi connectivity index (χ3v) is 7.43. The van der Waals surface area contributed by atoms with Crippen molar-refractivity contribution < 1.29 is 14.7 Å². The largest absolute Gasteiger partial charge is 0.481 e. The van der Waals surface area contributed by atoms with Gasteiger partial charge in [-0.3, -0.25) is 9.59 Å². The number of thioether (sulfide) groups is 1. The number of carboxylic acid groups (broad SMARTS) is 1. The number of rotatable bonds is 6. The summed E-state index contributed by atoms with van der Waals surface area (Å²) in [6.45, 7) is 1.01. The topological polar surface area (TPSA) is 57.6 Å². The van der Waals surface area contributed by atoms with Crippen LogP contribution in [0.15, 0.2) is 29.8 Å². The van der Waals surface area contributed by atoms with E-state index in [1.165, 1.54) is 32.1 Å².